The van der Waals surface area contributed by atoms with Crippen LogP contribution in [0.3, 0.4) is 0 Å². The van der Waals surface area contributed by atoms with Crippen molar-refractivity contribution in [2.24, 2.45) is 10.7 Å². The maximum atomic E-state index is 14.1. The van der Waals surface area contributed by atoms with Gasteiger partial charge in [0, 0.05) is 24.7 Å². The van der Waals surface area contributed by atoms with Gasteiger partial charge in [0.05, 0.1) is 65.2 Å². The third-order valence-corrected chi connectivity index (χ3v) is 8.62. The van der Waals surface area contributed by atoms with Gasteiger partial charge in [-0.15, -0.1) is 0 Å². The van der Waals surface area contributed by atoms with Crippen molar-refractivity contribution >= 4 is 40.5 Å². The van der Waals surface area contributed by atoms with Gasteiger partial charge in [-0.05, 0) is 31.0 Å². The summed E-state index contributed by atoms with van der Waals surface area (Å²) in [5, 5.41) is 11.8. The molecule has 2 atom stereocenters. The highest BCUT2D eigenvalue weighted by Gasteiger charge is 2.50. The number of fused-ring (bicyclic) bond motifs is 5. The number of carbonyl (C=O) groups excluding carboxylic acids is 2. The molecule has 2 aromatic heterocycles. The first-order valence-electron chi connectivity index (χ1n) is 14.7. The zero-order valence-electron chi connectivity index (χ0n) is 24.6. The van der Waals surface area contributed by atoms with Gasteiger partial charge in [0.2, 0.25) is 5.91 Å². The standard InChI is InChI=1S/C31H36N6O6/c1-4-6-7-11-36-17-33-21-9-8-10-22-26(21)28(36)18-14-37-23(27(18)34-22)12-20-19(29(37)40)16-42-30(41)31(20,5-2)43-25(39)15-35(3)24(38)13-32/h8-10,12,17,25,39H,4-7,11,13-16,32H2,1-3H3/t25?,31-/m0/s1. The summed E-state index contributed by atoms with van der Waals surface area (Å²) in [6.45, 7) is 4.32. The van der Waals surface area contributed by atoms with Crippen LogP contribution in [-0.2, 0) is 37.8 Å². The Hall–Kier alpha value is -4.13. The van der Waals surface area contributed by atoms with Crippen LogP contribution in [0.25, 0.3) is 22.3 Å². The number of aliphatic imine (C=N–C) groups is 1. The van der Waals surface area contributed by atoms with Gasteiger partial charge in [0.15, 0.2) is 11.9 Å². The Labute approximate surface area is 248 Å². The van der Waals surface area contributed by atoms with Gasteiger partial charge in [-0.1, -0.05) is 32.8 Å². The van der Waals surface area contributed by atoms with Crippen LogP contribution in [0, 0.1) is 0 Å². The Morgan fingerprint density at radius 3 is 2.81 bits per heavy atom. The number of pyridine rings is 2. The molecule has 3 N–H and O–H groups in total. The van der Waals surface area contributed by atoms with Crippen molar-refractivity contribution < 1.29 is 24.2 Å². The summed E-state index contributed by atoms with van der Waals surface area (Å²) in [7, 11) is 1.48. The molecule has 3 aliphatic heterocycles. The van der Waals surface area contributed by atoms with E-state index in [0.29, 0.717) is 23.5 Å². The highest BCUT2D eigenvalue weighted by atomic mass is 16.6. The summed E-state index contributed by atoms with van der Waals surface area (Å²) >= 11 is 0. The van der Waals surface area contributed by atoms with E-state index in [-0.39, 0.29) is 37.2 Å². The van der Waals surface area contributed by atoms with E-state index >= 15 is 0 Å². The molecule has 1 unspecified atom stereocenters. The number of unbranched alkanes of at least 4 members (excludes halogenated alkanes) is 2. The average Bonchev–Trinajstić information content (AvgIpc) is 3.38. The van der Waals surface area contributed by atoms with Crippen molar-refractivity contribution in [3.05, 3.63) is 51.3 Å². The number of anilines is 1. The molecule has 3 aromatic rings. The molecule has 1 aromatic carbocycles. The Kier molecular flexibility index (Phi) is 7.53. The Morgan fingerprint density at radius 1 is 1.26 bits per heavy atom. The normalized spacial score (nSPS) is 18.7. The van der Waals surface area contributed by atoms with Crippen molar-refractivity contribution in [3.8, 4) is 11.4 Å². The van der Waals surface area contributed by atoms with Gasteiger partial charge in [0.25, 0.3) is 5.56 Å². The fourth-order valence-electron chi connectivity index (χ4n) is 6.35. The SMILES string of the molecule is CCCCCN1C=Nc2cccc3nc4c(c1c23)Cn1c-4cc2c(c1=O)COC(=O)[C@@]2(CC)OC(O)CN(C)C(=O)CN. The number of benzene rings is 1. The van der Waals surface area contributed by atoms with Gasteiger partial charge in [-0.2, -0.15) is 0 Å². The summed E-state index contributed by atoms with van der Waals surface area (Å²) in [6.07, 6.45) is 3.58. The first-order valence-corrected chi connectivity index (χ1v) is 14.7. The summed E-state index contributed by atoms with van der Waals surface area (Å²) < 4.78 is 13.1. The molecule has 5 heterocycles. The number of amides is 1. The molecule has 0 saturated heterocycles. The lowest BCUT2D eigenvalue weighted by Gasteiger charge is -2.38. The molecule has 0 radical (unpaired) electrons. The first kappa shape index (κ1) is 29.0. The van der Waals surface area contributed by atoms with Crippen LogP contribution in [0.4, 0.5) is 11.4 Å². The van der Waals surface area contributed by atoms with Gasteiger partial charge < -0.3 is 34.7 Å². The zero-order chi connectivity index (χ0) is 30.5. The fourth-order valence-corrected chi connectivity index (χ4v) is 6.35. The number of esters is 1. The van der Waals surface area contributed by atoms with Crippen molar-refractivity contribution in [1.82, 2.24) is 14.5 Å². The molecule has 1 amide bonds. The molecule has 0 aliphatic carbocycles. The molecule has 0 fully saturated rings. The third kappa shape index (κ3) is 4.60. The number of hydrogen-bond donors (Lipinski definition) is 2. The topological polar surface area (TPSA) is 153 Å². The van der Waals surface area contributed by atoms with Crippen LogP contribution in [-0.4, -0.2) is 70.7 Å². The second kappa shape index (κ2) is 11.2. The van der Waals surface area contributed by atoms with E-state index in [1.54, 1.807) is 17.6 Å². The highest BCUT2D eigenvalue weighted by Crippen LogP contribution is 2.47. The number of nitrogens with two attached hydrogens (primary N) is 1. The lowest BCUT2D eigenvalue weighted by atomic mass is 9.85. The minimum Gasteiger partial charge on any atom is -0.458 e. The number of aromatic nitrogens is 2. The van der Waals surface area contributed by atoms with Gasteiger partial charge in [0.1, 0.15) is 6.61 Å². The minimum atomic E-state index is -1.76. The first-order chi connectivity index (χ1) is 20.7. The molecular weight excluding hydrogens is 552 g/mol. The van der Waals surface area contributed by atoms with E-state index in [1.165, 1.54) is 11.9 Å². The van der Waals surface area contributed by atoms with E-state index in [9.17, 15) is 19.5 Å². The molecular formula is C31H36N6O6. The van der Waals surface area contributed by atoms with Crippen molar-refractivity contribution in [2.75, 3.05) is 31.6 Å². The number of rotatable bonds is 10. The molecule has 0 bridgehead atoms. The predicted octanol–water partition coefficient (Wildman–Crippen LogP) is 2.51. The summed E-state index contributed by atoms with van der Waals surface area (Å²) in [5.74, 6) is -1.10. The van der Waals surface area contributed by atoms with E-state index in [2.05, 4.69) is 11.8 Å². The van der Waals surface area contributed by atoms with E-state index in [0.717, 1.165) is 53.6 Å². The van der Waals surface area contributed by atoms with Crippen LogP contribution in [0.1, 0.15) is 56.2 Å². The average molecular weight is 589 g/mol. The summed E-state index contributed by atoms with van der Waals surface area (Å²) in [4.78, 5) is 52.5. The van der Waals surface area contributed by atoms with Crippen molar-refractivity contribution in [2.45, 2.75) is 64.6 Å². The second-order valence-corrected chi connectivity index (χ2v) is 11.2. The molecule has 12 nitrogen and oxygen atoms in total. The third-order valence-electron chi connectivity index (χ3n) is 8.62. The van der Waals surface area contributed by atoms with Crippen LogP contribution >= 0.6 is 0 Å². The maximum Gasteiger partial charge on any atom is 0.343 e. The van der Waals surface area contributed by atoms with Gasteiger partial charge >= 0.3 is 5.97 Å². The van der Waals surface area contributed by atoms with E-state index < -0.39 is 23.8 Å². The highest BCUT2D eigenvalue weighted by molar-refractivity contribution is 6.11. The van der Waals surface area contributed by atoms with Crippen LogP contribution in [0.5, 0.6) is 0 Å². The predicted molar refractivity (Wildman–Crippen MR) is 161 cm³/mol. The number of aliphatic hydroxyl groups is 1. The number of hydrogen-bond acceptors (Lipinski definition) is 10. The lowest BCUT2D eigenvalue weighted by Crippen LogP contribution is -2.50. The molecule has 226 valence electrons. The monoisotopic (exact) mass is 588 g/mol. The van der Waals surface area contributed by atoms with Gasteiger partial charge in [-0.3, -0.25) is 9.59 Å². The quantitative estimate of drug-likeness (QED) is 0.162. The van der Waals surface area contributed by atoms with Gasteiger partial charge in [-0.25, -0.2) is 14.8 Å². The second-order valence-electron chi connectivity index (χ2n) is 11.2. The summed E-state index contributed by atoms with van der Waals surface area (Å²) in [5.41, 5.74) is 8.76. The molecule has 0 spiro atoms. The Balaban J connectivity index is 1.48. The molecule has 43 heavy (non-hydrogen) atoms. The molecule has 6 rings (SSSR count). The van der Waals surface area contributed by atoms with Crippen molar-refractivity contribution in [1.29, 1.82) is 0 Å². The zero-order valence-corrected chi connectivity index (χ0v) is 24.6. The smallest absolute Gasteiger partial charge is 0.343 e. The fraction of sp³-hybridized carbons (Fsp3) is 0.452. The number of nitrogens with zero attached hydrogens (tertiary/aromatic N) is 5. The van der Waals surface area contributed by atoms with Crippen LogP contribution in [0.2, 0.25) is 0 Å². The van der Waals surface area contributed by atoms with Crippen LogP contribution < -0.4 is 16.2 Å². The number of ether oxygens (including phenoxy) is 2. The Bertz CT molecular complexity index is 1720. The van der Waals surface area contributed by atoms with Crippen LogP contribution in [0.15, 0.2) is 34.1 Å². The number of aliphatic hydroxyl groups excluding tert-OH is 1. The summed E-state index contributed by atoms with van der Waals surface area (Å²) in [6, 6.07) is 7.60. The molecule has 3 aliphatic rings. The molecule has 12 heteroatoms. The lowest BCUT2D eigenvalue weighted by molar-refractivity contribution is -0.223. The van der Waals surface area contributed by atoms with E-state index in [4.69, 9.17) is 25.2 Å². The number of likely N-dealkylation sites (N-methyl/N-ethyl adjacent to an activating group) is 1. The van der Waals surface area contributed by atoms with Crippen molar-refractivity contribution in [3.63, 3.8) is 0 Å². The van der Waals surface area contributed by atoms with E-state index in [1.807, 2.05) is 24.5 Å². The minimum absolute atomic E-state index is 0.0849. The maximum absolute atomic E-state index is 14.1. The molecule has 0 saturated carbocycles. The number of cyclic esters (lactones) is 1. The largest absolute Gasteiger partial charge is 0.458 e. The number of carbonyl (C=O) groups is 2. The Morgan fingerprint density at radius 2 is 2.07 bits per heavy atom.